The van der Waals surface area contributed by atoms with Gasteiger partial charge in [0.25, 0.3) is 0 Å². The van der Waals surface area contributed by atoms with E-state index in [9.17, 15) is 0 Å². The number of rotatable bonds is 3. The summed E-state index contributed by atoms with van der Waals surface area (Å²) in [6, 6.07) is 6.07. The van der Waals surface area contributed by atoms with E-state index in [4.69, 9.17) is 0 Å². The van der Waals surface area contributed by atoms with Crippen LogP contribution in [-0.4, -0.2) is 23.6 Å². The molecular weight excluding hydrogens is 186 g/mol. The van der Waals surface area contributed by atoms with Crippen molar-refractivity contribution in [2.24, 2.45) is 0 Å². The van der Waals surface area contributed by atoms with E-state index in [1.165, 1.54) is 0 Å². The van der Waals surface area contributed by atoms with Crippen molar-refractivity contribution in [3.05, 3.63) is 42.2 Å². The maximum absolute atomic E-state index is 4.26. The summed E-state index contributed by atoms with van der Waals surface area (Å²) in [5.41, 5.74) is 3.02. The number of benzene rings is 1. The number of hydrogen-bond acceptors (Lipinski definition) is 3. The van der Waals surface area contributed by atoms with Crippen LogP contribution < -0.4 is 5.32 Å². The fourth-order valence-corrected chi connectivity index (χ4v) is 1.40. The van der Waals surface area contributed by atoms with Gasteiger partial charge in [0.2, 0.25) is 0 Å². The monoisotopic (exact) mass is 199 g/mol. The molecule has 0 fully saturated rings. The van der Waals surface area contributed by atoms with Crippen molar-refractivity contribution in [3.8, 4) is 0 Å². The molecule has 3 heteroatoms. The molecule has 2 aromatic rings. The molecule has 0 aliphatic carbocycles. The first kappa shape index (κ1) is 9.80. The minimum absolute atomic E-state index is 0.874. The third-order valence-electron chi connectivity index (χ3n) is 2.13. The summed E-state index contributed by atoms with van der Waals surface area (Å²) >= 11 is 0. The topological polar surface area (TPSA) is 37.8 Å². The number of nitrogens with one attached hydrogen (secondary N) is 1. The summed E-state index contributed by atoms with van der Waals surface area (Å²) in [5.74, 6) is 0. The van der Waals surface area contributed by atoms with Crippen LogP contribution in [0.4, 0.5) is 0 Å². The number of hydrogen-bond donors (Lipinski definition) is 1. The van der Waals surface area contributed by atoms with Crippen LogP contribution in [0.15, 0.2) is 36.7 Å². The molecule has 15 heavy (non-hydrogen) atoms. The lowest BCUT2D eigenvalue weighted by Gasteiger charge is -1.97. The van der Waals surface area contributed by atoms with Crippen molar-refractivity contribution in [1.82, 2.24) is 15.3 Å². The van der Waals surface area contributed by atoms with Crippen LogP contribution in [0, 0.1) is 0 Å². The third kappa shape index (κ3) is 2.39. The summed E-state index contributed by atoms with van der Waals surface area (Å²) in [5, 5.41) is 3.06. The first-order chi connectivity index (χ1) is 7.40. The summed E-state index contributed by atoms with van der Waals surface area (Å²) in [6.45, 7) is 0.874. The van der Waals surface area contributed by atoms with Crippen LogP contribution in [0.25, 0.3) is 17.1 Å². The highest BCUT2D eigenvalue weighted by Gasteiger charge is 1.94. The number of nitrogens with zero attached hydrogens (tertiary/aromatic N) is 2. The van der Waals surface area contributed by atoms with Gasteiger partial charge in [-0.3, -0.25) is 9.97 Å². The Morgan fingerprint density at radius 1 is 1.20 bits per heavy atom. The molecule has 0 unspecified atom stereocenters. The maximum atomic E-state index is 4.26. The Morgan fingerprint density at radius 3 is 2.80 bits per heavy atom. The predicted molar refractivity (Wildman–Crippen MR) is 62.5 cm³/mol. The van der Waals surface area contributed by atoms with E-state index in [1.807, 2.05) is 25.2 Å². The van der Waals surface area contributed by atoms with Gasteiger partial charge in [-0.25, -0.2) is 0 Å². The second-order valence-electron chi connectivity index (χ2n) is 3.26. The van der Waals surface area contributed by atoms with Crippen molar-refractivity contribution in [2.75, 3.05) is 13.6 Å². The van der Waals surface area contributed by atoms with Gasteiger partial charge in [-0.1, -0.05) is 18.2 Å². The largest absolute Gasteiger partial charge is 0.316 e. The maximum Gasteiger partial charge on any atom is 0.0892 e. The quantitative estimate of drug-likeness (QED) is 0.820. The smallest absolute Gasteiger partial charge is 0.0892 e. The summed E-state index contributed by atoms with van der Waals surface area (Å²) in [6.07, 6.45) is 7.57. The molecule has 0 amide bonds. The van der Waals surface area contributed by atoms with Crippen LogP contribution in [0.2, 0.25) is 0 Å². The molecular formula is C12H13N3. The van der Waals surface area contributed by atoms with Crippen molar-refractivity contribution in [1.29, 1.82) is 0 Å². The second kappa shape index (κ2) is 4.66. The van der Waals surface area contributed by atoms with Crippen molar-refractivity contribution >= 4 is 17.1 Å². The lowest BCUT2D eigenvalue weighted by Crippen LogP contribution is -2.03. The van der Waals surface area contributed by atoms with Crippen LogP contribution >= 0.6 is 0 Å². The molecule has 0 aliphatic rings. The van der Waals surface area contributed by atoms with Gasteiger partial charge >= 0.3 is 0 Å². The Balaban J connectivity index is 2.30. The Hall–Kier alpha value is -1.74. The summed E-state index contributed by atoms with van der Waals surface area (Å²) < 4.78 is 0. The summed E-state index contributed by atoms with van der Waals surface area (Å²) in [4.78, 5) is 8.48. The molecule has 1 heterocycles. The fourth-order valence-electron chi connectivity index (χ4n) is 1.40. The van der Waals surface area contributed by atoms with Gasteiger partial charge in [0.1, 0.15) is 0 Å². The predicted octanol–water partition coefficient (Wildman–Crippen LogP) is 1.86. The van der Waals surface area contributed by atoms with Gasteiger partial charge in [-0.05, 0) is 24.7 Å². The highest BCUT2D eigenvalue weighted by Crippen LogP contribution is 2.11. The highest BCUT2D eigenvalue weighted by atomic mass is 14.8. The Morgan fingerprint density at radius 2 is 2.00 bits per heavy atom. The molecule has 2 rings (SSSR count). The SMILES string of the molecule is CNCC=Cc1ccc2nccnc2c1. The highest BCUT2D eigenvalue weighted by molar-refractivity contribution is 5.76. The molecule has 3 nitrogen and oxygen atoms in total. The Labute approximate surface area is 88.9 Å². The van der Waals surface area contributed by atoms with E-state index in [-0.39, 0.29) is 0 Å². The molecule has 0 aliphatic heterocycles. The van der Waals surface area contributed by atoms with Gasteiger partial charge in [0, 0.05) is 18.9 Å². The minimum Gasteiger partial charge on any atom is -0.316 e. The molecule has 0 bridgehead atoms. The lowest BCUT2D eigenvalue weighted by atomic mass is 10.2. The van der Waals surface area contributed by atoms with E-state index in [0.29, 0.717) is 0 Å². The van der Waals surface area contributed by atoms with Crippen LogP contribution in [0.1, 0.15) is 5.56 Å². The zero-order valence-electron chi connectivity index (χ0n) is 8.64. The van der Waals surface area contributed by atoms with Gasteiger partial charge in [0.05, 0.1) is 11.0 Å². The summed E-state index contributed by atoms with van der Waals surface area (Å²) in [7, 11) is 1.93. The first-order valence-corrected chi connectivity index (χ1v) is 4.92. The average Bonchev–Trinajstić information content (AvgIpc) is 2.29. The van der Waals surface area contributed by atoms with Crippen molar-refractivity contribution < 1.29 is 0 Å². The molecule has 1 N–H and O–H groups in total. The standard InChI is InChI=1S/C12H13N3/c1-13-6-2-3-10-4-5-11-12(9-10)15-8-7-14-11/h2-5,7-9,13H,6H2,1H3. The van der Waals surface area contributed by atoms with E-state index in [2.05, 4.69) is 27.4 Å². The van der Waals surface area contributed by atoms with Gasteiger partial charge in [-0.2, -0.15) is 0 Å². The van der Waals surface area contributed by atoms with E-state index >= 15 is 0 Å². The first-order valence-electron chi connectivity index (χ1n) is 4.92. The molecule has 0 atom stereocenters. The van der Waals surface area contributed by atoms with Crippen LogP contribution in [-0.2, 0) is 0 Å². The lowest BCUT2D eigenvalue weighted by molar-refractivity contribution is 0.922. The van der Waals surface area contributed by atoms with E-state index < -0.39 is 0 Å². The van der Waals surface area contributed by atoms with Crippen LogP contribution in [0.3, 0.4) is 0 Å². The van der Waals surface area contributed by atoms with E-state index in [1.54, 1.807) is 12.4 Å². The van der Waals surface area contributed by atoms with Crippen LogP contribution in [0.5, 0.6) is 0 Å². The molecule has 1 aromatic carbocycles. The van der Waals surface area contributed by atoms with Gasteiger partial charge in [0.15, 0.2) is 0 Å². The zero-order chi connectivity index (χ0) is 10.5. The molecule has 0 radical (unpaired) electrons. The van der Waals surface area contributed by atoms with Crippen molar-refractivity contribution in [2.45, 2.75) is 0 Å². The number of likely N-dealkylation sites (N-methyl/N-ethyl adjacent to an activating group) is 1. The number of aromatic nitrogens is 2. The number of fused-ring (bicyclic) bond motifs is 1. The fraction of sp³-hybridized carbons (Fsp3) is 0.167. The molecule has 0 saturated carbocycles. The zero-order valence-corrected chi connectivity index (χ0v) is 8.64. The average molecular weight is 199 g/mol. The minimum atomic E-state index is 0.874. The van der Waals surface area contributed by atoms with E-state index in [0.717, 1.165) is 23.1 Å². The second-order valence-corrected chi connectivity index (χ2v) is 3.26. The van der Waals surface area contributed by atoms with Gasteiger partial charge < -0.3 is 5.32 Å². The Kier molecular flexibility index (Phi) is 3.05. The molecule has 0 spiro atoms. The normalized spacial score (nSPS) is 11.3. The third-order valence-corrected chi connectivity index (χ3v) is 2.13. The van der Waals surface area contributed by atoms with Gasteiger partial charge in [-0.15, -0.1) is 0 Å². The van der Waals surface area contributed by atoms with Crippen molar-refractivity contribution in [3.63, 3.8) is 0 Å². The molecule has 76 valence electrons. The molecule has 0 saturated heterocycles. The molecule has 1 aromatic heterocycles. The Bertz CT molecular complexity index is 477.